The van der Waals surface area contributed by atoms with Crippen molar-refractivity contribution in [1.82, 2.24) is 4.90 Å². The first-order valence-electron chi connectivity index (χ1n) is 6.24. The van der Waals surface area contributed by atoms with Gasteiger partial charge in [-0.3, -0.25) is 14.5 Å². The number of nitrogens with two attached hydrogens (primary N) is 1. The average Bonchev–Trinajstić information content (AvgIpc) is 2.65. The molecule has 0 saturated heterocycles. The van der Waals surface area contributed by atoms with Crippen LogP contribution in [0.4, 0.5) is 5.69 Å². The van der Waals surface area contributed by atoms with Gasteiger partial charge in [0.1, 0.15) is 6.04 Å². The zero-order valence-electron chi connectivity index (χ0n) is 11.5. The number of nitrogen functional groups attached to an aromatic ring is 1. The zero-order chi connectivity index (χ0) is 15.0. The molecule has 0 radical (unpaired) electrons. The summed E-state index contributed by atoms with van der Waals surface area (Å²) in [5, 5.41) is 0. The molecule has 2 N–H and O–H groups in total. The largest absolute Gasteiger partial charge is 0.467 e. The average molecular weight is 276 g/mol. The van der Waals surface area contributed by atoms with Gasteiger partial charge in [-0.2, -0.15) is 0 Å². The second-order valence-corrected chi connectivity index (χ2v) is 4.96. The predicted octanol–water partition coefficient (Wildman–Crippen LogP) is 1.06. The minimum Gasteiger partial charge on any atom is -0.467 e. The maximum atomic E-state index is 12.4. The number of anilines is 1. The smallest absolute Gasteiger partial charge is 0.329 e. The molecular weight excluding hydrogens is 260 g/mol. The molecule has 1 aromatic carbocycles. The lowest BCUT2D eigenvalue weighted by molar-refractivity contribution is -0.146. The highest BCUT2D eigenvalue weighted by Crippen LogP contribution is 2.31. The molecule has 2 amide bonds. The molecule has 0 aromatic heterocycles. The van der Waals surface area contributed by atoms with E-state index in [0.29, 0.717) is 0 Å². The SMILES string of the molecule is COC(=O)C(C(C)C)N1C(=O)c2cccc(N)c2C1=O. The normalized spacial score (nSPS) is 15.5. The highest BCUT2D eigenvalue weighted by Gasteiger charge is 2.45. The predicted molar refractivity (Wildman–Crippen MR) is 72.0 cm³/mol. The molecule has 1 unspecified atom stereocenters. The van der Waals surface area contributed by atoms with Gasteiger partial charge in [-0.15, -0.1) is 0 Å². The lowest BCUT2D eigenvalue weighted by Gasteiger charge is -2.26. The molecule has 0 spiro atoms. The summed E-state index contributed by atoms with van der Waals surface area (Å²) in [4.78, 5) is 37.6. The van der Waals surface area contributed by atoms with Gasteiger partial charge in [0.25, 0.3) is 11.8 Å². The molecule has 2 rings (SSSR count). The molecule has 0 bridgehead atoms. The maximum Gasteiger partial charge on any atom is 0.329 e. The Labute approximate surface area is 116 Å². The lowest BCUT2D eigenvalue weighted by Crippen LogP contribution is -2.48. The van der Waals surface area contributed by atoms with Crippen molar-refractivity contribution in [2.75, 3.05) is 12.8 Å². The van der Waals surface area contributed by atoms with E-state index in [1.807, 2.05) is 0 Å². The Morgan fingerprint density at radius 2 is 1.90 bits per heavy atom. The van der Waals surface area contributed by atoms with E-state index in [1.165, 1.54) is 13.2 Å². The highest BCUT2D eigenvalue weighted by molar-refractivity contribution is 6.24. The summed E-state index contributed by atoms with van der Waals surface area (Å²) in [5.41, 5.74) is 6.37. The van der Waals surface area contributed by atoms with Crippen molar-refractivity contribution >= 4 is 23.5 Å². The number of rotatable bonds is 3. The molecule has 6 nitrogen and oxygen atoms in total. The van der Waals surface area contributed by atoms with Crippen LogP contribution in [0.5, 0.6) is 0 Å². The summed E-state index contributed by atoms with van der Waals surface area (Å²) in [5.74, 6) is -1.94. The van der Waals surface area contributed by atoms with Gasteiger partial charge in [-0.1, -0.05) is 19.9 Å². The number of carbonyl (C=O) groups excluding carboxylic acids is 3. The molecule has 1 aliphatic heterocycles. The Morgan fingerprint density at radius 1 is 1.25 bits per heavy atom. The number of hydrogen-bond acceptors (Lipinski definition) is 5. The van der Waals surface area contributed by atoms with Crippen LogP contribution in [0.2, 0.25) is 0 Å². The van der Waals surface area contributed by atoms with Gasteiger partial charge in [0.05, 0.1) is 18.2 Å². The van der Waals surface area contributed by atoms with E-state index in [1.54, 1.807) is 26.0 Å². The fourth-order valence-electron chi connectivity index (χ4n) is 2.38. The maximum absolute atomic E-state index is 12.4. The van der Waals surface area contributed by atoms with E-state index >= 15 is 0 Å². The number of esters is 1. The fraction of sp³-hybridized carbons (Fsp3) is 0.357. The Kier molecular flexibility index (Phi) is 3.48. The molecule has 0 aliphatic carbocycles. The van der Waals surface area contributed by atoms with Crippen LogP contribution in [0.15, 0.2) is 18.2 Å². The van der Waals surface area contributed by atoms with Crippen LogP contribution in [0, 0.1) is 5.92 Å². The van der Waals surface area contributed by atoms with Gasteiger partial charge >= 0.3 is 5.97 Å². The van der Waals surface area contributed by atoms with Crippen molar-refractivity contribution in [3.05, 3.63) is 29.3 Å². The van der Waals surface area contributed by atoms with E-state index in [2.05, 4.69) is 0 Å². The number of carbonyl (C=O) groups is 3. The summed E-state index contributed by atoms with van der Waals surface area (Å²) in [7, 11) is 1.23. The van der Waals surface area contributed by atoms with E-state index in [4.69, 9.17) is 10.5 Å². The second kappa shape index (κ2) is 4.96. The zero-order valence-corrected chi connectivity index (χ0v) is 11.5. The van der Waals surface area contributed by atoms with Crippen molar-refractivity contribution < 1.29 is 19.1 Å². The number of fused-ring (bicyclic) bond motifs is 1. The third kappa shape index (κ3) is 1.93. The van der Waals surface area contributed by atoms with E-state index in [9.17, 15) is 14.4 Å². The first-order valence-corrected chi connectivity index (χ1v) is 6.24. The van der Waals surface area contributed by atoms with E-state index in [-0.39, 0.29) is 22.7 Å². The molecule has 6 heteroatoms. The molecule has 20 heavy (non-hydrogen) atoms. The monoisotopic (exact) mass is 276 g/mol. The van der Waals surface area contributed by atoms with Crippen LogP contribution in [-0.2, 0) is 9.53 Å². The van der Waals surface area contributed by atoms with Gasteiger partial charge in [-0.05, 0) is 18.1 Å². The molecule has 1 aromatic rings. The lowest BCUT2D eigenvalue weighted by atomic mass is 10.0. The van der Waals surface area contributed by atoms with Crippen molar-refractivity contribution in [3.8, 4) is 0 Å². The summed E-state index contributed by atoms with van der Waals surface area (Å²) < 4.78 is 4.70. The van der Waals surface area contributed by atoms with Gasteiger partial charge in [0.2, 0.25) is 0 Å². The Bertz CT molecular complexity index is 595. The second-order valence-electron chi connectivity index (χ2n) is 4.96. The third-order valence-corrected chi connectivity index (χ3v) is 3.33. The Morgan fingerprint density at radius 3 is 2.40 bits per heavy atom. The molecule has 0 saturated carbocycles. The molecule has 1 atom stereocenters. The number of amides is 2. The number of benzene rings is 1. The first-order chi connectivity index (χ1) is 9.40. The summed E-state index contributed by atoms with van der Waals surface area (Å²) in [6.07, 6.45) is 0. The van der Waals surface area contributed by atoms with Gasteiger partial charge in [-0.25, -0.2) is 4.79 Å². The van der Waals surface area contributed by atoms with Crippen LogP contribution in [0.1, 0.15) is 34.6 Å². The van der Waals surface area contributed by atoms with Gasteiger partial charge < -0.3 is 10.5 Å². The standard InChI is InChI=1S/C14H16N2O4/c1-7(2)11(14(19)20-3)16-12(17)8-5-4-6-9(15)10(8)13(16)18/h4-7,11H,15H2,1-3H3. The summed E-state index contributed by atoms with van der Waals surface area (Å²) in [6.45, 7) is 3.49. The number of methoxy groups -OCH3 is 1. The topological polar surface area (TPSA) is 89.7 Å². The Balaban J connectivity index is 2.51. The van der Waals surface area contributed by atoms with Crippen LogP contribution in [0.25, 0.3) is 0 Å². The van der Waals surface area contributed by atoms with E-state index in [0.717, 1.165) is 4.90 Å². The molecule has 0 fully saturated rings. The molecule has 1 heterocycles. The molecule has 106 valence electrons. The summed E-state index contributed by atoms with van der Waals surface area (Å²) >= 11 is 0. The molecule has 1 aliphatic rings. The highest BCUT2D eigenvalue weighted by atomic mass is 16.5. The van der Waals surface area contributed by atoms with Crippen molar-refractivity contribution in [1.29, 1.82) is 0 Å². The quantitative estimate of drug-likeness (QED) is 0.506. The third-order valence-electron chi connectivity index (χ3n) is 3.33. The van der Waals surface area contributed by atoms with Crippen molar-refractivity contribution in [2.24, 2.45) is 5.92 Å². The number of ether oxygens (including phenoxy) is 1. The van der Waals surface area contributed by atoms with Crippen LogP contribution in [-0.4, -0.2) is 35.8 Å². The number of hydrogen-bond donors (Lipinski definition) is 1. The van der Waals surface area contributed by atoms with E-state index < -0.39 is 23.8 Å². The van der Waals surface area contributed by atoms with Crippen molar-refractivity contribution in [3.63, 3.8) is 0 Å². The van der Waals surface area contributed by atoms with Gasteiger partial charge in [0.15, 0.2) is 0 Å². The van der Waals surface area contributed by atoms with Crippen molar-refractivity contribution in [2.45, 2.75) is 19.9 Å². The molecular formula is C14H16N2O4. The number of imide groups is 1. The van der Waals surface area contributed by atoms with Crippen LogP contribution >= 0.6 is 0 Å². The Hall–Kier alpha value is -2.37. The van der Waals surface area contributed by atoms with Gasteiger partial charge in [0, 0.05) is 5.69 Å². The van der Waals surface area contributed by atoms with Crippen LogP contribution < -0.4 is 5.73 Å². The van der Waals surface area contributed by atoms with Crippen LogP contribution in [0.3, 0.4) is 0 Å². The fourth-order valence-corrected chi connectivity index (χ4v) is 2.38. The minimum atomic E-state index is -0.952. The minimum absolute atomic E-state index is 0.159. The number of nitrogens with zero attached hydrogens (tertiary/aromatic N) is 1. The first kappa shape index (κ1) is 14.0. The summed E-state index contributed by atoms with van der Waals surface area (Å²) in [6, 6.07) is 3.73.